The minimum absolute atomic E-state index is 0.0806. The minimum Gasteiger partial charge on any atom is -0.388 e. The van der Waals surface area contributed by atoms with E-state index in [4.69, 9.17) is 0 Å². The summed E-state index contributed by atoms with van der Waals surface area (Å²) in [6.07, 6.45) is 0.914. The molecule has 0 saturated heterocycles. The van der Waals surface area contributed by atoms with Crippen LogP contribution in [-0.4, -0.2) is 14.9 Å². The molecular weight excluding hydrogens is 226 g/mol. The number of benzene rings is 1. The van der Waals surface area contributed by atoms with E-state index in [-0.39, 0.29) is 12.0 Å². The lowest BCUT2D eigenvalue weighted by Crippen LogP contribution is -2.05. The molecule has 1 aromatic heterocycles. The Morgan fingerprint density at radius 2 is 2.12 bits per heavy atom. The zero-order chi connectivity index (χ0) is 12.4. The third-order valence-electron chi connectivity index (χ3n) is 2.49. The van der Waals surface area contributed by atoms with Gasteiger partial charge in [-0.2, -0.15) is 5.10 Å². The van der Waals surface area contributed by atoms with Crippen LogP contribution in [-0.2, 0) is 13.5 Å². The summed E-state index contributed by atoms with van der Waals surface area (Å²) in [6.45, 7) is 0. The number of nitrogens with zero attached hydrogens (tertiary/aromatic N) is 2. The zero-order valence-electron chi connectivity index (χ0n) is 9.27. The van der Waals surface area contributed by atoms with Crippen molar-refractivity contribution < 1.29 is 13.9 Å². The average Bonchev–Trinajstić information content (AvgIpc) is 2.63. The van der Waals surface area contributed by atoms with Gasteiger partial charge in [-0.25, -0.2) is 8.78 Å². The van der Waals surface area contributed by atoms with Gasteiger partial charge >= 0.3 is 0 Å². The fraction of sp³-hybridized carbons (Fsp3) is 0.250. The van der Waals surface area contributed by atoms with Gasteiger partial charge in [0.15, 0.2) is 0 Å². The maximum atomic E-state index is 13.4. The van der Waals surface area contributed by atoms with E-state index in [2.05, 4.69) is 5.10 Å². The lowest BCUT2D eigenvalue weighted by molar-refractivity contribution is 0.172. The van der Waals surface area contributed by atoms with Gasteiger partial charge in [0.1, 0.15) is 11.6 Å². The van der Waals surface area contributed by atoms with Gasteiger partial charge < -0.3 is 5.11 Å². The van der Waals surface area contributed by atoms with Crippen molar-refractivity contribution in [3.05, 3.63) is 53.4 Å². The van der Waals surface area contributed by atoms with Gasteiger partial charge in [-0.05, 0) is 12.1 Å². The number of rotatable bonds is 3. The van der Waals surface area contributed by atoms with E-state index < -0.39 is 17.7 Å². The first kappa shape index (κ1) is 11.7. The summed E-state index contributed by atoms with van der Waals surface area (Å²) in [6, 6.07) is 4.87. The van der Waals surface area contributed by atoms with Crippen molar-refractivity contribution in [1.82, 2.24) is 9.78 Å². The van der Waals surface area contributed by atoms with Crippen molar-refractivity contribution >= 4 is 0 Å². The van der Waals surface area contributed by atoms with Crippen molar-refractivity contribution in [3.8, 4) is 0 Å². The normalized spacial score (nSPS) is 12.7. The van der Waals surface area contributed by atoms with Crippen LogP contribution in [0.2, 0.25) is 0 Å². The van der Waals surface area contributed by atoms with E-state index in [0.717, 1.165) is 12.1 Å². The zero-order valence-corrected chi connectivity index (χ0v) is 9.27. The standard InChI is InChI=1S/C12H12F2N2O/c1-16-5-4-9(15-16)7-12(17)10-3-2-8(13)6-11(10)14/h2-6,12,17H,7H2,1H3. The number of aliphatic hydroxyl groups is 1. The molecule has 0 spiro atoms. The van der Waals surface area contributed by atoms with E-state index >= 15 is 0 Å². The van der Waals surface area contributed by atoms with Crippen LogP contribution in [0.4, 0.5) is 8.78 Å². The Balaban J connectivity index is 2.17. The lowest BCUT2D eigenvalue weighted by Gasteiger charge is -2.10. The monoisotopic (exact) mass is 238 g/mol. The predicted octanol–water partition coefficient (Wildman–Crippen LogP) is 1.97. The number of hydrogen-bond donors (Lipinski definition) is 1. The highest BCUT2D eigenvalue weighted by Gasteiger charge is 2.15. The molecule has 2 aromatic rings. The third kappa shape index (κ3) is 2.68. The van der Waals surface area contributed by atoms with Crippen molar-refractivity contribution in [2.45, 2.75) is 12.5 Å². The molecule has 3 nitrogen and oxygen atoms in total. The van der Waals surface area contributed by atoms with Gasteiger partial charge in [-0.3, -0.25) is 4.68 Å². The summed E-state index contributed by atoms with van der Waals surface area (Å²) in [5.41, 5.74) is 0.737. The molecule has 1 atom stereocenters. The highest BCUT2D eigenvalue weighted by atomic mass is 19.1. The molecule has 0 aliphatic heterocycles. The SMILES string of the molecule is Cn1ccc(CC(O)c2ccc(F)cc2F)n1. The molecule has 0 aliphatic carbocycles. The molecule has 1 aromatic carbocycles. The first-order valence-electron chi connectivity index (χ1n) is 5.18. The average molecular weight is 238 g/mol. The number of aryl methyl sites for hydroxylation is 1. The van der Waals surface area contributed by atoms with Gasteiger partial charge in [0.2, 0.25) is 0 Å². The van der Waals surface area contributed by atoms with Crippen LogP contribution < -0.4 is 0 Å². The number of halogens is 2. The fourth-order valence-corrected chi connectivity index (χ4v) is 1.65. The van der Waals surface area contributed by atoms with Gasteiger partial charge in [0.25, 0.3) is 0 Å². The summed E-state index contributed by atoms with van der Waals surface area (Å²) < 4.78 is 27.7. The highest BCUT2D eigenvalue weighted by molar-refractivity contribution is 5.22. The highest BCUT2D eigenvalue weighted by Crippen LogP contribution is 2.21. The van der Waals surface area contributed by atoms with Gasteiger partial charge in [0, 0.05) is 31.3 Å². The first-order chi connectivity index (χ1) is 8.06. The molecule has 17 heavy (non-hydrogen) atoms. The van der Waals surface area contributed by atoms with Gasteiger partial charge in [0.05, 0.1) is 11.8 Å². The van der Waals surface area contributed by atoms with Crippen LogP contribution in [0.3, 0.4) is 0 Å². The van der Waals surface area contributed by atoms with E-state index in [1.165, 1.54) is 6.07 Å². The van der Waals surface area contributed by atoms with E-state index in [0.29, 0.717) is 5.69 Å². The molecule has 90 valence electrons. The smallest absolute Gasteiger partial charge is 0.131 e. The minimum atomic E-state index is -1.02. The molecule has 0 amide bonds. The molecule has 1 unspecified atom stereocenters. The summed E-state index contributed by atoms with van der Waals surface area (Å²) >= 11 is 0. The Labute approximate surface area is 97.3 Å². The lowest BCUT2D eigenvalue weighted by atomic mass is 10.0. The maximum absolute atomic E-state index is 13.4. The predicted molar refractivity (Wildman–Crippen MR) is 58.2 cm³/mol. The molecule has 2 rings (SSSR count). The Morgan fingerprint density at radius 1 is 1.35 bits per heavy atom. The van der Waals surface area contributed by atoms with Crippen LogP contribution in [0.1, 0.15) is 17.4 Å². The summed E-state index contributed by atoms with van der Waals surface area (Å²) in [4.78, 5) is 0. The molecule has 1 heterocycles. The Kier molecular flexibility index (Phi) is 3.19. The second-order valence-corrected chi connectivity index (χ2v) is 3.87. The van der Waals surface area contributed by atoms with Gasteiger partial charge in [-0.15, -0.1) is 0 Å². The molecule has 0 aliphatic rings. The maximum Gasteiger partial charge on any atom is 0.131 e. The fourth-order valence-electron chi connectivity index (χ4n) is 1.65. The van der Waals surface area contributed by atoms with E-state index in [1.807, 2.05) is 0 Å². The molecule has 0 radical (unpaired) electrons. The molecule has 5 heteroatoms. The second-order valence-electron chi connectivity index (χ2n) is 3.87. The van der Waals surface area contributed by atoms with Gasteiger partial charge in [-0.1, -0.05) is 6.07 Å². The van der Waals surface area contributed by atoms with E-state index in [1.54, 1.807) is 24.0 Å². The Bertz CT molecular complexity index is 525. The summed E-state index contributed by atoms with van der Waals surface area (Å²) in [5, 5.41) is 13.9. The van der Waals surface area contributed by atoms with Crippen LogP contribution in [0, 0.1) is 11.6 Å². The van der Waals surface area contributed by atoms with Crippen molar-refractivity contribution in [1.29, 1.82) is 0 Å². The summed E-state index contributed by atoms with van der Waals surface area (Å²) in [7, 11) is 1.76. The van der Waals surface area contributed by atoms with Crippen LogP contribution in [0.25, 0.3) is 0 Å². The summed E-state index contributed by atoms with van der Waals surface area (Å²) in [5.74, 6) is -1.40. The second kappa shape index (κ2) is 4.63. The molecule has 0 saturated carbocycles. The van der Waals surface area contributed by atoms with Crippen molar-refractivity contribution in [2.24, 2.45) is 7.05 Å². The molecule has 0 bridgehead atoms. The quantitative estimate of drug-likeness (QED) is 0.887. The molecule has 1 N–H and O–H groups in total. The Hall–Kier alpha value is -1.75. The first-order valence-corrected chi connectivity index (χ1v) is 5.18. The van der Waals surface area contributed by atoms with Crippen LogP contribution in [0.5, 0.6) is 0 Å². The van der Waals surface area contributed by atoms with Crippen LogP contribution >= 0.6 is 0 Å². The topological polar surface area (TPSA) is 38.0 Å². The number of aromatic nitrogens is 2. The van der Waals surface area contributed by atoms with Crippen molar-refractivity contribution in [2.75, 3.05) is 0 Å². The van der Waals surface area contributed by atoms with Crippen LogP contribution in [0.15, 0.2) is 30.5 Å². The molecular formula is C12H12F2N2O. The largest absolute Gasteiger partial charge is 0.388 e. The Morgan fingerprint density at radius 3 is 2.71 bits per heavy atom. The molecule has 0 fully saturated rings. The van der Waals surface area contributed by atoms with Crippen molar-refractivity contribution in [3.63, 3.8) is 0 Å². The number of aliphatic hydroxyl groups excluding tert-OH is 1. The third-order valence-corrected chi connectivity index (χ3v) is 2.49. The number of hydrogen-bond acceptors (Lipinski definition) is 2. The van der Waals surface area contributed by atoms with E-state index in [9.17, 15) is 13.9 Å².